The van der Waals surface area contributed by atoms with Crippen molar-refractivity contribution in [3.8, 4) is 0 Å². The molecule has 0 heterocycles. The van der Waals surface area contributed by atoms with Crippen molar-refractivity contribution in [2.24, 2.45) is 11.8 Å². The van der Waals surface area contributed by atoms with Crippen LogP contribution in [0.1, 0.15) is 33.6 Å². The SMILES string of the molecule is CC(C)CC(CC(C)(O)C(=O)Nc1ccccc1)C(=O)[O-].[K+]. The first kappa shape index (κ1) is 21.8. The van der Waals surface area contributed by atoms with E-state index in [1.54, 1.807) is 24.3 Å². The quantitative estimate of drug-likeness (QED) is 0.576. The average Bonchev–Trinajstić information content (AvgIpc) is 2.38. The fourth-order valence-corrected chi connectivity index (χ4v) is 2.19. The number of aliphatic hydroxyl groups is 1. The molecule has 0 aromatic heterocycles. The van der Waals surface area contributed by atoms with Gasteiger partial charge in [-0.15, -0.1) is 0 Å². The third kappa shape index (κ3) is 7.35. The molecule has 0 saturated heterocycles. The molecule has 0 aliphatic heterocycles. The molecule has 0 saturated carbocycles. The van der Waals surface area contributed by atoms with Gasteiger partial charge in [-0.1, -0.05) is 32.0 Å². The molecule has 1 amide bonds. The van der Waals surface area contributed by atoms with Crippen LogP contribution < -0.4 is 61.8 Å². The summed E-state index contributed by atoms with van der Waals surface area (Å²) in [5.74, 6) is -2.58. The topological polar surface area (TPSA) is 89.5 Å². The summed E-state index contributed by atoms with van der Waals surface area (Å²) in [7, 11) is 0. The molecular weight excluding hydrogens is 309 g/mol. The van der Waals surface area contributed by atoms with Crippen molar-refractivity contribution in [3.05, 3.63) is 30.3 Å². The first-order chi connectivity index (χ1) is 9.72. The van der Waals surface area contributed by atoms with Crippen LogP contribution in [0.2, 0.25) is 0 Å². The van der Waals surface area contributed by atoms with Gasteiger partial charge in [-0.3, -0.25) is 4.79 Å². The van der Waals surface area contributed by atoms with Gasteiger partial charge in [0.25, 0.3) is 5.91 Å². The van der Waals surface area contributed by atoms with E-state index >= 15 is 0 Å². The summed E-state index contributed by atoms with van der Waals surface area (Å²) < 4.78 is 0. The second-order valence-corrected chi connectivity index (χ2v) is 5.94. The molecular formula is C16H22KNO4. The minimum atomic E-state index is -1.77. The molecule has 5 nitrogen and oxygen atoms in total. The number of anilines is 1. The molecule has 22 heavy (non-hydrogen) atoms. The van der Waals surface area contributed by atoms with Crippen LogP contribution in [0.15, 0.2) is 30.3 Å². The number of carboxylic acids is 1. The van der Waals surface area contributed by atoms with E-state index in [0.717, 1.165) is 0 Å². The maximum atomic E-state index is 12.1. The zero-order valence-corrected chi connectivity index (χ0v) is 16.8. The van der Waals surface area contributed by atoms with Crippen LogP contribution in [0.4, 0.5) is 5.69 Å². The van der Waals surface area contributed by atoms with Crippen LogP contribution in [-0.4, -0.2) is 22.6 Å². The summed E-state index contributed by atoms with van der Waals surface area (Å²) in [5.41, 5.74) is -1.22. The minimum absolute atomic E-state index is 0. The maximum absolute atomic E-state index is 12.1. The van der Waals surface area contributed by atoms with Crippen molar-refractivity contribution in [2.45, 2.75) is 39.2 Å². The van der Waals surface area contributed by atoms with E-state index in [1.807, 2.05) is 19.9 Å². The summed E-state index contributed by atoms with van der Waals surface area (Å²) in [4.78, 5) is 23.2. The second kappa shape index (κ2) is 9.80. The van der Waals surface area contributed by atoms with Gasteiger partial charge in [-0.25, -0.2) is 0 Å². The van der Waals surface area contributed by atoms with Crippen LogP contribution >= 0.6 is 0 Å². The molecule has 116 valence electrons. The van der Waals surface area contributed by atoms with Gasteiger partial charge in [0.05, 0.1) is 0 Å². The number of benzene rings is 1. The average molecular weight is 331 g/mol. The number of aliphatic carboxylic acids is 1. The molecule has 0 bridgehead atoms. The number of carbonyl (C=O) groups excluding carboxylic acids is 2. The Labute approximate surface area is 173 Å². The molecule has 0 aliphatic carbocycles. The predicted molar refractivity (Wildman–Crippen MR) is 78.3 cm³/mol. The molecule has 0 spiro atoms. The van der Waals surface area contributed by atoms with Crippen LogP contribution in [0.25, 0.3) is 0 Å². The summed E-state index contributed by atoms with van der Waals surface area (Å²) in [6, 6.07) is 8.71. The zero-order valence-electron chi connectivity index (χ0n) is 13.6. The van der Waals surface area contributed by atoms with Crippen molar-refractivity contribution < 1.29 is 71.2 Å². The summed E-state index contributed by atoms with van der Waals surface area (Å²) in [5, 5.41) is 24.0. The Hall–Kier alpha value is -0.244. The van der Waals surface area contributed by atoms with Gasteiger partial charge in [-0.2, -0.15) is 0 Å². The summed E-state index contributed by atoms with van der Waals surface area (Å²) in [6.07, 6.45) is 0.184. The van der Waals surface area contributed by atoms with Crippen molar-refractivity contribution in [1.82, 2.24) is 0 Å². The fourth-order valence-electron chi connectivity index (χ4n) is 2.19. The van der Waals surface area contributed by atoms with Crippen molar-refractivity contribution in [2.75, 3.05) is 5.32 Å². The Morgan fingerprint density at radius 2 is 1.82 bits per heavy atom. The summed E-state index contributed by atoms with van der Waals surface area (Å²) in [6.45, 7) is 5.09. The van der Waals surface area contributed by atoms with Crippen LogP contribution in [-0.2, 0) is 9.59 Å². The minimum Gasteiger partial charge on any atom is -0.550 e. The van der Waals surface area contributed by atoms with Gasteiger partial charge in [0, 0.05) is 17.6 Å². The third-order valence-corrected chi connectivity index (χ3v) is 3.25. The Balaban J connectivity index is 0.00000441. The van der Waals surface area contributed by atoms with Gasteiger partial charge < -0.3 is 20.3 Å². The van der Waals surface area contributed by atoms with Crippen molar-refractivity contribution in [3.63, 3.8) is 0 Å². The number of para-hydroxylation sites is 1. The number of amides is 1. The van der Waals surface area contributed by atoms with E-state index in [-0.39, 0.29) is 63.7 Å². The van der Waals surface area contributed by atoms with Crippen molar-refractivity contribution >= 4 is 17.6 Å². The van der Waals surface area contributed by atoms with Crippen molar-refractivity contribution in [1.29, 1.82) is 0 Å². The molecule has 1 aromatic rings. The number of hydrogen-bond donors (Lipinski definition) is 2. The number of hydrogen-bond acceptors (Lipinski definition) is 4. The number of nitrogens with one attached hydrogen (secondary N) is 1. The Kier molecular flexibility index (Phi) is 9.69. The van der Waals surface area contributed by atoms with Gasteiger partial charge in [0.15, 0.2) is 0 Å². The Morgan fingerprint density at radius 3 is 2.27 bits per heavy atom. The third-order valence-electron chi connectivity index (χ3n) is 3.25. The first-order valence-corrected chi connectivity index (χ1v) is 7.02. The van der Waals surface area contributed by atoms with E-state index in [1.165, 1.54) is 6.92 Å². The van der Waals surface area contributed by atoms with Crippen LogP contribution in [0.5, 0.6) is 0 Å². The number of carboxylic acid groups (broad SMARTS) is 1. The maximum Gasteiger partial charge on any atom is 1.00 e. The molecule has 2 N–H and O–H groups in total. The van der Waals surface area contributed by atoms with Gasteiger partial charge >= 0.3 is 51.4 Å². The molecule has 0 radical (unpaired) electrons. The monoisotopic (exact) mass is 331 g/mol. The van der Waals surface area contributed by atoms with Crippen LogP contribution in [0.3, 0.4) is 0 Å². The van der Waals surface area contributed by atoms with Gasteiger partial charge in [0.1, 0.15) is 5.60 Å². The normalized spacial score (nSPS) is 14.6. The second-order valence-electron chi connectivity index (χ2n) is 5.94. The molecule has 2 unspecified atom stereocenters. The van der Waals surface area contributed by atoms with E-state index in [0.29, 0.717) is 12.1 Å². The number of rotatable bonds is 7. The van der Waals surface area contributed by atoms with E-state index in [9.17, 15) is 19.8 Å². The smallest absolute Gasteiger partial charge is 0.550 e. The first-order valence-electron chi connectivity index (χ1n) is 7.02. The fraction of sp³-hybridized carbons (Fsp3) is 0.500. The summed E-state index contributed by atoms with van der Waals surface area (Å²) >= 11 is 0. The van der Waals surface area contributed by atoms with E-state index in [2.05, 4.69) is 5.32 Å². The molecule has 1 rings (SSSR count). The van der Waals surface area contributed by atoms with Gasteiger partial charge in [0.2, 0.25) is 0 Å². The predicted octanol–water partition coefficient (Wildman–Crippen LogP) is -1.82. The molecule has 0 fully saturated rings. The van der Waals surface area contributed by atoms with Gasteiger partial charge in [-0.05, 0) is 37.8 Å². The standard InChI is InChI=1S/C16H23NO4.K/c1-11(2)9-12(14(18)19)10-16(3,21)15(20)17-13-7-5-4-6-8-13;/h4-8,11-12,21H,9-10H2,1-3H3,(H,17,20)(H,18,19);/q;+1/p-1. The molecule has 1 aromatic carbocycles. The van der Waals surface area contributed by atoms with E-state index in [4.69, 9.17) is 0 Å². The molecule has 0 aliphatic rings. The Bertz CT molecular complexity index is 488. The molecule has 2 atom stereocenters. The molecule has 6 heteroatoms. The largest absolute Gasteiger partial charge is 1.00 e. The Morgan fingerprint density at radius 1 is 1.27 bits per heavy atom. The number of carbonyl (C=O) groups is 2. The zero-order chi connectivity index (χ0) is 16.0. The van der Waals surface area contributed by atoms with E-state index < -0.39 is 23.4 Å². The van der Waals surface area contributed by atoms with Crippen LogP contribution in [0, 0.1) is 11.8 Å².